The van der Waals surface area contributed by atoms with Gasteiger partial charge >= 0.3 is 6.18 Å². The van der Waals surface area contributed by atoms with Crippen molar-refractivity contribution >= 4 is 63.6 Å². The van der Waals surface area contributed by atoms with E-state index in [1.54, 1.807) is 77.5 Å². The number of rotatable bonds is 13. The van der Waals surface area contributed by atoms with E-state index in [1.165, 1.54) is 11.0 Å². The molecule has 3 fully saturated rings. The molecule has 0 saturated carbocycles. The van der Waals surface area contributed by atoms with Crippen LogP contribution in [0.2, 0.25) is 0 Å². The van der Waals surface area contributed by atoms with Crippen molar-refractivity contribution in [2.24, 2.45) is 5.92 Å². The molecule has 3 aliphatic heterocycles. The minimum Gasteiger partial charge on any atom is -0.489 e. The third-order valence-corrected chi connectivity index (χ3v) is 15.1. The maximum atomic E-state index is 14.4. The smallest absolute Gasteiger partial charge is 0.417 e. The largest absolute Gasteiger partial charge is 0.489 e. The highest BCUT2D eigenvalue weighted by atomic mass is 32.1. The summed E-state index contributed by atoms with van der Waals surface area (Å²) >= 11 is 7.28. The lowest BCUT2D eigenvalue weighted by molar-refractivity contribution is -0.142. The van der Waals surface area contributed by atoms with Gasteiger partial charge in [-0.05, 0) is 117 Å². The van der Waals surface area contributed by atoms with Gasteiger partial charge < -0.3 is 29.9 Å². The van der Waals surface area contributed by atoms with E-state index < -0.39 is 46.9 Å². The zero-order chi connectivity index (χ0) is 52.1. The molecule has 15 nitrogen and oxygen atoms in total. The summed E-state index contributed by atoms with van der Waals surface area (Å²) in [5.74, 6) is -0.0664. The monoisotopic (exact) mass is 1030 g/mol. The number of alkyl halides is 3. The molecule has 9 rings (SSSR count). The van der Waals surface area contributed by atoms with Crippen molar-refractivity contribution in [3.8, 4) is 33.4 Å². The summed E-state index contributed by atoms with van der Waals surface area (Å²) in [7, 11) is 0. The number of anilines is 3. The number of nitrogens with one attached hydrogen (secondary N) is 1. The molecule has 20 heteroatoms. The van der Waals surface area contributed by atoms with Crippen LogP contribution in [0.25, 0.3) is 21.6 Å². The number of hydrogen-bond acceptors (Lipinski definition) is 12. The number of hydrogen-bond donors (Lipinski definition) is 2. The number of amides is 3. The Morgan fingerprint density at radius 1 is 0.973 bits per heavy atom. The van der Waals surface area contributed by atoms with E-state index in [4.69, 9.17) is 17.0 Å². The summed E-state index contributed by atoms with van der Waals surface area (Å²) in [5.41, 5.74) is 3.83. The van der Waals surface area contributed by atoms with Crippen LogP contribution in [0.3, 0.4) is 0 Å². The Kier molecular flexibility index (Phi) is 13.9. The van der Waals surface area contributed by atoms with E-state index in [-0.39, 0.29) is 53.6 Å². The maximum Gasteiger partial charge on any atom is 0.417 e. The average Bonchev–Trinajstić information content (AvgIpc) is 4.22. The number of aliphatic hydroxyl groups excluding tert-OH is 1. The average molecular weight is 1030 g/mol. The summed E-state index contributed by atoms with van der Waals surface area (Å²) in [6.07, 6.45) is 0.206. The molecule has 73 heavy (non-hydrogen) atoms. The molecule has 0 radical (unpaired) electrons. The first-order chi connectivity index (χ1) is 34.7. The topological polar surface area (TPSA) is 173 Å². The number of β-amino-alcohol motifs (C(OH)–C–C–N with tert-alkyl or cyclic N) is 1. The van der Waals surface area contributed by atoms with E-state index in [0.29, 0.717) is 30.9 Å². The Morgan fingerprint density at radius 3 is 2.37 bits per heavy atom. The lowest BCUT2D eigenvalue weighted by Crippen LogP contribution is -2.49. The molecule has 0 aliphatic carbocycles. The van der Waals surface area contributed by atoms with Crippen LogP contribution in [0.5, 0.6) is 5.75 Å². The fraction of sp³-hybridized carbons (Fsp3) is 0.358. The summed E-state index contributed by atoms with van der Waals surface area (Å²) in [6.45, 7) is 12.2. The number of halogens is 3. The second-order valence-corrected chi connectivity index (χ2v) is 20.7. The predicted molar refractivity (Wildman–Crippen MR) is 275 cm³/mol. The first-order valence-corrected chi connectivity index (χ1v) is 25.1. The zero-order valence-electron chi connectivity index (χ0n) is 40.9. The van der Waals surface area contributed by atoms with E-state index in [2.05, 4.69) is 25.3 Å². The molecule has 5 atom stereocenters. The van der Waals surface area contributed by atoms with Crippen molar-refractivity contribution in [1.82, 2.24) is 30.0 Å². The number of carbonyl (C=O) groups excluding carboxylic acids is 3. The zero-order valence-corrected chi connectivity index (χ0v) is 42.5. The summed E-state index contributed by atoms with van der Waals surface area (Å²) < 4.78 is 49.5. The van der Waals surface area contributed by atoms with Gasteiger partial charge in [-0.2, -0.15) is 23.5 Å². The molecule has 2 unspecified atom stereocenters. The number of aliphatic hydroxyl groups is 1. The number of thiazole rings is 1. The van der Waals surface area contributed by atoms with Crippen molar-refractivity contribution in [3.05, 3.63) is 125 Å². The highest BCUT2D eigenvalue weighted by Gasteiger charge is 2.51. The minimum atomic E-state index is -4.81. The van der Waals surface area contributed by atoms with E-state index in [9.17, 15) is 37.9 Å². The normalized spacial score (nSPS) is 19.7. The van der Waals surface area contributed by atoms with Gasteiger partial charge in [-0.15, -0.1) is 11.3 Å². The third kappa shape index (κ3) is 10.0. The highest BCUT2D eigenvalue weighted by molar-refractivity contribution is 7.81. The van der Waals surface area contributed by atoms with Crippen molar-refractivity contribution in [1.29, 1.82) is 5.26 Å². The number of carbonyl (C=O) groups is 3. The Balaban J connectivity index is 0.829. The highest BCUT2D eigenvalue weighted by Crippen LogP contribution is 2.41. The second-order valence-electron chi connectivity index (χ2n) is 19.4. The number of likely N-dealkylation sites (tertiary alicyclic amines) is 1. The quantitative estimate of drug-likeness (QED) is 0.105. The molecule has 6 aromatic rings. The molecule has 2 N–H and O–H groups in total. The molecule has 0 bridgehead atoms. The number of benzene rings is 3. The van der Waals surface area contributed by atoms with Crippen LogP contribution in [-0.2, 0) is 20.6 Å². The third-order valence-electron chi connectivity index (χ3n) is 13.7. The van der Waals surface area contributed by atoms with Crippen molar-refractivity contribution in [2.45, 2.75) is 96.4 Å². The molecule has 3 aliphatic rings. The Hall–Kier alpha value is -7.21. The molecule has 0 spiro atoms. The van der Waals surface area contributed by atoms with Crippen molar-refractivity contribution in [2.75, 3.05) is 34.3 Å². The SMILES string of the molecule is Cc1ncsc1-c1ccc(C(C)NC(=O)[C@@H]2C[C@@H](O)CN2C(=O)C(C(C)C)n2cc(-c3ccnc(N4CC[C@H](Oc5ccc(N6C(=S)N(c7ccc(C#N)c(C(F)(F)F)c7)C(=O)C6(C)C)cc5)C4)c3)cn2)cc1. The molecular formula is C53H53F3N10O5S2. The second kappa shape index (κ2) is 20.0. The number of aromatic nitrogens is 4. The number of aryl methyl sites for hydroxylation is 1. The Bertz CT molecular complexity index is 3120. The van der Waals surface area contributed by atoms with Gasteiger partial charge in [-0.1, -0.05) is 38.1 Å². The maximum absolute atomic E-state index is 14.4. The molecule has 378 valence electrons. The van der Waals surface area contributed by atoms with Crippen LogP contribution in [0, 0.1) is 24.2 Å². The van der Waals surface area contributed by atoms with E-state index in [0.717, 1.165) is 55.7 Å². The van der Waals surface area contributed by atoms with Crippen LogP contribution in [0.15, 0.2) is 103 Å². The lowest BCUT2D eigenvalue weighted by Gasteiger charge is -2.30. The number of nitrogens with zero attached hydrogens (tertiary/aromatic N) is 9. The Morgan fingerprint density at radius 2 is 1.70 bits per heavy atom. The fourth-order valence-corrected chi connectivity index (χ4v) is 11.2. The van der Waals surface area contributed by atoms with E-state index >= 15 is 0 Å². The summed E-state index contributed by atoms with van der Waals surface area (Å²) in [6, 6.07) is 21.5. The van der Waals surface area contributed by atoms with Gasteiger partial charge in [0.2, 0.25) is 11.8 Å². The van der Waals surface area contributed by atoms with Gasteiger partial charge in [0, 0.05) is 49.6 Å². The number of pyridine rings is 1. The molecule has 3 amide bonds. The van der Waals surface area contributed by atoms with Crippen molar-refractivity contribution in [3.63, 3.8) is 0 Å². The van der Waals surface area contributed by atoms with Crippen LogP contribution in [0.4, 0.5) is 30.4 Å². The van der Waals surface area contributed by atoms with Crippen LogP contribution >= 0.6 is 23.6 Å². The first-order valence-electron chi connectivity index (χ1n) is 23.8. The number of nitriles is 1. The van der Waals surface area contributed by atoms with Gasteiger partial charge in [0.1, 0.15) is 35.3 Å². The van der Waals surface area contributed by atoms with Gasteiger partial charge in [0.25, 0.3) is 5.91 Å². The van der Waals surface area contributed by atoms with Gasteiger partial charge in [0.05, 0.1) is 63.9 Å². The molecule has 6 heterocycles. The fourth-order valence-electron chi connectivity index (χ4n) is 9.84. The standard InChI is InChI=1S/C53H53F3N10O5S2/c1-30(2)46(49(69)63-27-40(67)23-44(63)48(68)61-31(3)33-7-9-34(10-8-33)47-32(4)59-29-73-47)64-26-37(25-60-64)35-17-19-58-45(21-35)62-20-18-42(28-62)71-41-15-13-38(14-16-41)66-51(72)65(50(70)52(66,5)6)39-12-11-36(24-57)43(22-39)53(54,55)56/h7-17,19,21-22,25-26,29-31,40,42,44,46,67H,18,20,23,27-28H2,1-6H3,(H,61,68)/t31?,40-,42+,44+,46?/m1/s1. The summed E-state index contributed by atoms with van der Waals surface area (Å²) in [5, 5.41) is 27.8. The van der Waals surface area contributed by atoms with Crippen LogP contribution in [-0.4, -0.2) is 96.0 Å². The van der Waals surface area contributed by atoms with Gasteiger partial charge in [-0.3, -0.25) is 24.0 Å². The van der Waals surface area contributed by atoms with E-state index in [1.807, 2.05) is 75.8 Å². The number of thiocarbonyl (C=S) groups is 1. The molecule has 3 aromatic carbocycles. The molecular weight excluding hydrogens is 978 g/mol. The van der Waals surface area contributed by atoms with Gasteiger partial charge in [0.15, 0.2) is 5.11 Å². The first kappa shape index (κ1) is 50.7. The van der Waals surface area contributed by atoms with Gasteiger partial charge in [-0.25, -0.2) is 9.97 Å². The molecule has 3 aromatic heterocycles. The Labute approximate surface area is 429 Å². The lowest BCUT2D eigenvalue weighted by atomic mass is 10.0. The predicted octanol–water partition coefficient (Wildman–Crippen LogP) is 8.88. The van der Waals surface area contributed by atoms with Crippen LogP contribution < -0.4 is 24.8 Å². The minimum absolute atomic E-state index is 0.00651. The number of ether oxygens (including phenoxy) is 1. The molecule has 3 saturated heterocycles. The van der Waals surface area contributed by atoms with Crippen LogP contribution in [0.1, 0.15) is 81.9 Å². The van der Waals surface area contributed by atoms with Crippen molar-refractivity contribution < 1.29 is 37.4 Å². The summed E-state index contributed by atoms with van der Waals surface area (Å²) in [4.78, 5) is 58.3.